The summed E-state index contributed by atoms with van der Waals surface area (Å²) < 4.78 is 1.45. The molecule has 2 N–H and O–H groups in total. The van der Waals surface area contributed by atoms with Crippen LogP contribution in [0.5, 0.6) is 0 Å². The van der Waals surface area contributed by atoms with E-state index in [0.29, 0.717) is 22.3 Å². The van der Waals surface area contributed by atoms with E-state index in [9.17, 15) is 9.59 Å². The number of nitrogens with one attached hydrogen (secondary N) is 2. The molecule has 0 unspecified atom stereocenters. The molecule has 4 heterocycles. The van der Waals surface area contributed by atoms with E-state index in [0.717, 1.165) is 23.2 Å². The number of carbonyl (C=O) groups is 1. The Bertz CT molecular complexity index is 1700. The van der Waals surface area contributed by atoms with Crippen molar-refractivity contribution < 1.29 is 4.79 Å². The molecule has 40 heavy (non-hydrogen) atoms. The number of hydrogen-bond acceptors (Lipinski definition) is 8. The maximum Gasteiger partial charge on any atom is 0.263 e. The minimum Gasteiger partial charge on any atom is -0.346 e. The molecule has 0 radical (unpaired) electrons. The maximum atomic E-state index is 12.9. The topological polar surface area (TPSA) is 118 Å². The number of halogens is 1. The molecule has 4 aromatic heterocycles. The van der Waals surface area contributed by atoms with Gasteiger partial charge in [0.2, 0.25) is 5.95 Å². The molecular formula is C29H27ClN8O2. The van der Waals surface area contributed by atoms with Gasteiger partial charge < -0.3 is 20.1 Å². The highest BCUT2D eigenvalue weighted by Gasteiger charge is 2.13. The third kappa shape index (κ3) is 6.66. The van der Waals surface area contributed by atoms with Crippen molar-refractivity contribution in [2.24, 2.45) is 0 Å². The zero-order chi connectivity index (χ0) is 28.1. The van der Waals surface area contributed by atoms with Crippen LogP contribution < -0.4 is 16.2 Å². The third-order valence-electron chi connectivity index (χ3n) is 6.07. The number of pyridine rings is 3. The van der Waals surface area contributed by atoms with Crippen LogP contribution in [0.3, 0.4) is 0 Å². The number of anilines is 2. The predicted molar refractivity (Wildman–Crippen MR) is 155 cm³/mol. The monoisotopic (exact) mass is 554 g/mol. The summed E-state index contributed by atoms with van der Waals surface area (Å²) in [6, 6.07) is 16.5. The number of carbonyl (C=O) groups excluding carboxylic acids is 1. The van der Waals surface area contributed by atoms with Crippen molar-refractivity contribution >= 4 is 40.0 Å². The summed E-state index contributed by atoms with van der Waals surface area (Å²) in [4.78, 5) is 45.3. The molecule has 0 aliphatic heterocycles. The number of benzene rings is 1. The van der Waals surface area contributed by atoms with E-state index in [1.807, 2.05) is 32.3 Å². The van der Waals surface area contributed by atoms with E-state index in [1.54, 1.807) is 43.0 Å². The van der Waals surface area contributed by atoms with Gasteiger partial charge in [-0.15, -0.1) is 0 Å². The second kappa shape index (κ2) is 12.0. The molecule has 0 saturated heterocycles. The van der Waals surface area contributed by atoms with Crippen molar-refractivity contribution in [1.29, 1.82) is 0 Å². The largest absolute Gasteiger partial charge is 0.346 e. The first-order chi connectivity index (χ1) is 19.3. The first-order valence-electron chi connectivity index (χ1n) is 12.5. The average molecular weight is 555 g/mol. The lowest BCUT2D eigenvalue weighted by molar-refractivity contribution is 0.0948. The second-order valence-corrected chi connectivity index (χ2v) is 9.90. The van der Waals surface area contributed by atoms with E-state index in [1.165, 1.54) is 16.2 Å². The first kappa shape index (κ1) is 26.9. The van der Waals surface area contributed by atoms with Crippen LogP contribution in [0, 0.1) is 0 Å². The molecule has 0 bridgehead atoms. The molecule has 202 valence electrons. The molecule has 1 aromatic carbocycles. The molecule has 0 spiro atoms. The van der Waals surface area contributed by atoms with Gasteiger partial charge in [0, 0.05) is 36.2 Å². The van der Waals surface area contributed by atoms with Gasteiger partial charge in [-0.25, -0.2) is 15.0 Å². The number of fused-ring (bicyclic) bond motifs is 1. The number of amides is 1. The maximum absolute atomic E-state index is 12.9. The van der Waals surface area contributed by atoms with E-state index in [-0.39, 0.29) is 18.7 Å². The smallest absolute Gasteiger partial charge is 0.263 e. The minimum atomic E-state index is -0.483. The summed E-state index contributed by atoms with van der Waals surface area (Å²) in [5.74, 6) is -0.0201. The van der Waals surface area contributed by atoms with E-state index in [2.05, 4.69) is 47.6 Å². The Balaban J connectivity index is 1.22. The summed E-state index contributed by atoms with van der Waals surface area (Å²) in [7, 11) is 4.07. The number of rotatable bonds is 9. The van der Waals surface area contributed by atoms with Crippen molar-refractivity contribution in [2.45, 2.75) is 19.6 Å². The van der Waals surface area contributed by atoms with E-state index < -0.39 is 11.5 Å². The molecule has 5 aromatic rings. The van der Waals surface area contributed by atoms with Crippen molar-refractivity contribution in [2.75, 3.05) is 19.4 Å². The highest BCUT2D eigenvalue weighted by Crippen LogP contribution is 2.18. The lowest BCUT2D eigenvalue weighted by Gasteiger charge is -2.11. The van der Waals surface area contributed by atoms with Crippen LogP contribution in [-0.2, 0) is 19.6 Å². The highest BCUT2D eigenvalue weighted by atomic mass is 35.5. The molecule has 11 heteroatoms. The van der Waals surface area contributed by atoms with Crippen LogP contribution in [0.1, 0.15) is 27.2 Å². The molecule has 0 atom stereocenters. The number of aromatic nitrogens is 5. The van der Waals surface area contributed by atoms with Crippen LogP contribution >= 0.6 is 11.6 Å². The normalized spacial score (nSPS) is 11.1. The van der Waals surface area contributed by atoms with Gasteiger partial charge in [0.05, 0.1) is 30.5 Å². The summed E-state index contributed by atoms with van der Waals surface area (Å²) in [6.07, 6.45) is 6.57. The lowest BCUT2D eigenvalue weighted by atomic mass is 10.2. The summed E-state index contributed by atoms with van der Waals surface area (Å²) in [5.41, 5.74) is 3.82. The van der Waals surface area contributed by atoms with Crippen LogP contribution in [0.15, 0.2) is 84.2 Å². The van der Waals surface area contributed by atoms with Gasteiger partial charge in [0.1, 0.15) is 10.7 Å². The van der Waals surface area contributed by atoms with Crippen molar-refractivity contribution in [1.82, 2.24) is 34.7 Å². The van der Waals surface area contributed by atoms with Gasteiger partial charge in [-0.3, -0.25) is 14.6 Å². The Morgan fingerprint density at radius 3 is 2.52 bits per heavy atom. The zero-order valence-electron chi connectivity index (χ0n) is 22.0. The Kier molecular flexibility index (Phi) is 8.09. The van der Waals surface area contributed by atoms with E-state index in [4.69, 9.17) is 11.6 Å². The molecule has 5 rings (SSSR count). The van der Waals surface area contributed by atoms with Gasteiger partial charge in [0.15, 0.2) is 0 Å². The van der Waals surface area contributed by atoms with Crippen molar-refractivity contribution in [3.8, 4) is 0 Å². The fraction of sp³-hybridized carbons (Fsp3) is 0.172. The lowest BCUT2D eigenvalue weighted by Crippen LogP contribution is -2.32. The van der Waals surface area contributed by atoms with Gasteiger partial charge in [-0.1, -0.05) is 29.8 Å². The SMILES string of the molecule is CN(C)Cc1ccc(Nc2ncc3cc(CNC(=O)c4cccn(Cc5ccc(Cl)nc5)c4=O)ncc3n2)cc1. The molecule has 1 amide bonds. The third-order valence-corrected chi connectivity index (χ3v) is 6.29. The first-order valence-corrected chi connectivity index (χ1v) is 12.9. The minimum absolute atomic E-state index is 0.0407. The molecule has 10 nitrogen and oxygen atoms in total. The Hall–Kier alpha value is -4.67. The number of nitrogens with zero attached hydrogens (tertiary/aromatic N) is 6. The van der Waals surface area contributed by atoms with Crippen molar-refractivity contribution in [3.63, 3.8) is 0 Å². The summed E-state index contributed by atoms with van der Waals surface area (Å²) >= 11 is 5.83. The van der Waals surface area contributed by atoms with Gasteiger partial charge in [-0.05, 0) is 61.6 Å². The fourth-order valence-electron chi connectivity index (χ4n) is 4.12. The highest BCUT2D eigenvalue weighted by molar-refractivity contribution is 6.29. The van der Waals surface area contributed by atoms with Crippen LogP contribution in [0.25, 0.3) is 10.9 Å². The van der Waals surface area contributed by atoms with Gasteiger partial charge >= 0.3 is 0 Å². The Morgan fingerprint density at radius 1 is 0.975 bits per heavy atom. The molecular weight excluding hydrogens is 528 g/mol. The molecule has 0 saturated carbocycles. The zero-order valence-corrected chi connectivity index (χ0v) is 22.8. The molecule has 0 fully saturated rings. The standard InChI is InChI=1S/C29H27ClN8O2/c1-37(2)17-19-5-8-22(9-6-19)35-29-34-14-21-12-23(31-16-25(21)36-29)15-33-27(39)24-4-3-11-38(28(24)40)18-20-7-10-26(30)32-13-20/h3-14,16H,15,17-18H2,1-2H3,(H,33,39)(H,34,35,36). The fourth-order valence-corrected chi connectivity index (χ4v) is 4.23. The van der Waals surface area contributed by atoms with Crippen LogP contribution in [0.4, 0.5) is 11.6 Å². The molecule has 0 aliphatic carbocycles. The summed E-state index contributed by atoms with van der Waals surface area (Å²) in [6.45, 7) is 1.28. The van der Waals surface area contributed by atoms with Gasteiger partial charge in [0.25, 0.3) is 11.5 Å². The second-order valence-electron chi connectivity index (χ2n) is 9.51. The predicted octanol–water partition coefficient (Wildman–Crippen LogP) is 4.02. The number of hydrogen-bond donors (Lipinski definition) is 2. The summed E-state index contributed by atoms with van der Waals surface area (Å²) in [5, 5.41) is 7.15. The van der Waals surface area contributed by atoms with E-state index >= 15 is 0 Å². The quantitative estimate of drug-likeness (QED) is 0.262. The average Bonchev–Trinajstić information content (AvgIpc) is 2.95. The molecule has 0 aliphatic rings. The Morgan fingerprint density at radius 2 is 1.77 bits per heavy atom. The van der Waals surface area contributed by atoms with Crippen molar-refractivity contribution in [3.05, 3.63) is 117 Å². The van der Waals surface area contributed by atoms with Crippen LogP contribution in [0.2, 0.25) is 5.15 Å². The van der Waals surface area contributed by atoms with Crippen LogP contribution in [-0.4, -0.2) is 49.4 Å². The van der Waals surface area contributed by atoms with Gasteiger partial charge in [-0.2, -0.15) is 0 Å². The Labute approximate surface area is 235 Å².